The first-order chi connectivity index (χ1) is 10.5. The minimum absolute atomic E-state index is 0.208. The summed E-state index contributed by atoms with van der Waals surface area (Å²) in [5, 5.41) is 10.4. The van der Waals surface area contributed by atoms with E-state index in [-0.39, 0.29) is 5.91 Å². The van der Waals surface area contributed by atoms with Crippen LogP contribution >= 0.6 is 23.2 Å². The number of β-amino-alcohol motifs (C(OH)–C–C–N with tert-alkyl or cyclic N) is 1. The molecule has 1 N–H and O–H groups in total. The molecule has 1 saturated heterocycles. The van der Waals surface area contributed by atoms with Gasteiger partial charge in [-0.1, -0.05) is 29.3 Å². The lowest BCUT2D eigenvalue weighted by molar-refractivity contribution is 0.0759. The van der Waals surface area contributed by atoms with E-state index in [4.69, 9.17) is 23.2 Å². The van der Waals surface area contributed by atoms with Crippen LogP contribution in [0.1, 0.15) is 16.9 Å². The van der Waals surface area contributed by atoms with Crippen LogP contribution in [0.15, 0.2) is 30.6 Å². The van der Waals surface area contributed by atoms with E-state index in [0.717, 1.165) is 5.56 Å². The molecule has 5 nitrogen and oxygen atoms in total. The van der Waals surface area contributed by atoms with Gasteiger partial charge in [0.05, 0.1) is 21.8 Å². The number of halogens is 2. The number of carbonyl (C=O) groups is 1. The van der Waals surface area contributed by atoms with E-state index < -0.39 is 6.10 Å². The van der Waals surface area contributed by atoms with Crippen LogP contribution < -0.4 is 0 Å². The molecule has 1 aromatic carbocycles. The zero-order valence-electron chi connectivity index (χ0n) is 11.5. The topological polar surface area (TPSA) is 66.3 Å². The smallest absolute Gasteiger partial charge is 0.272 e. The van der Waals surface area contributed by atoms with E-state index in [0.29, 0.717) is 40.9 Å². The summed E-state index contributed by atoms with van der Waals surface area (Å²) in [5.41, 5.74) is 1.65. The van der Waals surface area contributed by atoms with Gasteiger partial charge in [0.1, 0.15) is 12.0 Å². The van der Waals surface area contributed by atoms with Gasteiger partial charge in [-0.05, 0) is 24.6 Å². The quantitative estimate of drug-likeness (QED) is 0.914. The van der Waals surface area contributed by atoms with Crippen molar-refractivity contribution in [3.63, 3.8) is 0 Å². The van der Waals surface area contributed by atoms with Crippen LogP contribution in [-0.2, 0) is 0 Å². The van der Waals surface area contributed by atoms with Crippen molar-refractivity contribution in [2.24, 2.45) is 0 Å². The number of aliphatic hydroxyl groups excluding tert-OH is 1. The van der Waals surface area contributed by atoms with Gasteiger partial charge in [0.25, 0.3) is 5.91 Å². The molecule has 0 unspecified atom stereocenters. The molecule has 3 rings (SSSR count). The lowest BCUT2D eigenvalue weighted by Gasteiger charge is -2.15. The van der Waals surface area contributed by atoms with Crippen molar-refractivity contribution >= 4 is 29.1 Å². The molecule has 0 aliphatic carbocycles. The zero-order valence-corrected chi connectivity index (χ0v) is 13.1. The summed E-state index contributed by atoms with van der Waals surface area (Å²) in [7, 11) is 0. The Balaban J connectivity index is 1.89. The average Bonchev–Trinajstić information content (AvgIpc) is 2.96. The van der Waals surface area contributed by atoms with Crippen molar-refractivity contribution in [3.05, 3.63) is 46.3 Å². The molecule has 7 heteroatoms. The molecule has 1 aliphatic rings. The van der Waals surface area contributed by atoms with E-state index in [2.05, 4.69) is 9.97 Å². The van der Waals surface area contributed by atoms with Gasteiger partial charge in [-0.3, -0.25) is 4.79 Å². The number of benzene rings is 1. The molecular weight excluding hydrogens is 325 g/mol. The van der Waals surface area contributed by atoms with Gasteiger partial charge in [-0.15, -0.1) is 0 Å². The van der Waals surface area contributed by atoms with Crippen LogP contribution in [0.5, 0.6) is 0 Å². The largest absolute Gasteiger partial charge is 0.391 e. The fourth-order valence-electron chi connectivity index (χ4n) is 2.38. The number of aromatic nitrogens is 2. The van der Waals surface area contributed by atoms with Crippen molar-refractivity contribution in [2.75, 3.05) is 13.1 Å². The Bertz CT molecular complexity index is 724. The summed E-state index contributed by atoms with van der Waals surface area (Å²) >= 11 is 11.9. The average molecular weight is 338 g/mol. The van der Waals surface area contributed by atoms with Crippen molar-refractivity contribution in [1.82, 2.24) is 14.9 Å². The van der Waals surface area contributed by atoms with Crippen LogP contribution in [0.4, 0.5) is 0 Å². The molecular formula is C15H13Cl2N3O2. The van der Waals surface area contributed by atoms with Gasteiger partial charge < -0.3 is 10.0 Å². The molecule has 1 aliphatic heterocycles. The minimum Gasteiger partial charge on any atom is -0.391 e. The number of amides is 1. The molecule has 0 bridgehead atoms. The highest BCUT2D eigenvalue weighted by Gasteiger charge is 2.26. The highest BCUT2D eigenvalue weighted by Crippen LogP contribution is 2.27. The van der Waals surface area contributed by atoms with Gasteiger partial charge in [0, 0.05) is 18.7 Å². The summed E-state index contributed by atoms with van der Waals surface area (Å²) in [6.45, 7) is 0.872. The summed E-state index contributed by atoms with van der Waals surface area (Å²) in [4.78, 5) is 22.2. The number of rotatable bonds is 2. The van der Waals surface area contributed by atoms with Crippen molar-refractivity contribution in [2.45, 2.75) is 12.5 Å². The number of carbonyl (C=O) groups excluding carboxylic acids is 1. The van der Waals surface area contributed by atoms with Crippen LogP contribution in [-0.4, -0.2) is 45.1 Å². The van der Waals surface area contributed by atoms with Crippen molar-refractivity contribution in [3.8, 4) is 11.3 Å². The molecule has 1 fully saturated rings. The van der Waals surface area contributed by atoms with Gasteiger partial charge in [0.2, 0.25) is 0 Å². The van der Waals surface area contributed by atoms with Gasteiger partial charge >= 0.3 is 0 Å². The molecule has 1 aromatic heterocycles. The van der Waals surface area contributed by atoms with Crippen LogP contribution in [0, 0.1) is 0 Å². The van der Waals surface area contributed by atoms with Crippen molar-refractivity contribution < 1.29 is 9.90 Å². The Labute approximate surface area is 137 Å². The number of likely N-dealkylation sites (tertiary alicyclic amines) is 1. The van der Waals surface area contributed by atoms with Gasteiger partial charge in [0.15, 0.2) is 0 Å². The first kappa shape index (κ1) is 15.2. The Morgan fingerprint density at radius 3 is 2.73 bits per heavy atom. The maximum absolute atomic E-state index is 12.4. The second-order valence-electron chi connectivity index (χ2n) is 5.11. The standard InChI is InChI=1S/C15H13Cl2N3O2/c16-11-2-1-9(5-12(11)17)13-6-14(19-8-18-13)15(22)20-4-3-10(21)7-20/h1-2,5-6,8,10,21H,3-4,7H2/t10-/m1/s1. The number of hydrogen-bond acceptors (Lipinski definition) is 4. The van der Waals surface area contributed by atoms with Crippen molar-refractivity contribution in [1.29, 1.82) is 0 Å². The Morgan fingerprint density at radius 1 is 1.23 bits per heavy atom. The maximum Gasteiger partial charge on any atom is 0.272 e. The van der Waals surface area contributed by atoms with E-state index in [1.54, 1.807) is 29.2 Å². The normalized spacial score (nSPS) is 17.8. The predicted octanol–water partition coefficient (Wildman–Crippen LogP) is 2.66. The third-order valence-corrected chi connectivity index (χ3v) is 4.29. The summed E-state index contributed by atoms with van der Waals surface area (Å²) in [5.74, 6) is -0.208. The molecule has 1 amide bonds. The molecule has 2 heterocycles. The second kappa shape index (κ2) is 6.20. The summed E-state index contributed by atoms with van der Waals surface area (Å²) < 4.78 is 0. The maximum atomic E-state index is 12.4. The fourth-order valence-corrected chi connectivity index (χ4v) is 2.67. The fraction of sp³-hybridized carbons (Fsp3) is 0.267. The van der Waals surface area contributed by atoms with Crippen LogP contribution in [0.2, 0.25) is 10.0 Å². The molecule has 22 heavy (non-hydrogen) atoms. The molecule has 114 valence electrons. The lowest BCUT2D eigenvalue weighted by Crippen LogP contribution is -2.30. The Morgan fingerprint density at radius 2 is 2.05 bits per heavy atom. The molecule has 2 aromatic rings. The summed E-state index contributed by atoms with van der Waals surface area (Å²) in [6, 6.07) is 6.77. The molecule has 1 atom stereocenters. The van der Waals surface area contributed by atoms with Gasteiger partial charge in [-0.2, -0.15) is 0 Å². The predicted molar refractivity (Wildman–Crippen MR) is 84.0 cm³/mol. The monoisotopic (exact) mass is 337 g/mol. The first-order valence-electron chi connectivity index (χ1n) is 6.79. The Hall–Kier alpha value is -1.69. The molecule has 0 radical (unpaired) electrons. The SMILES string of the molecule is O=C(c1cc(-c2ccc(Cl)c(Cl)c2)ncn1)N1CC[C@@H](O)C1. The zero-order chi connectivity index (χ0) is 15.7. The van der Waals surface area contributed by atoms with Crippen LogP contribution in [0.25, 0.3) is 11.3 Å². The molecule has 0 spiro atoms. The summed E-state index contributed by atoms with van der Waals surface area (Å²) in [6.07, 6.45) is 1.48. The third-order valence-electron chi connectivity index (χ3n) is 3.55. The minimum atomic E-state index is -0.458. The van der Waals surface area contributed by atoms with Gasteiger partial charge in [-0.25, -0.2) is 9.97 Å². The third kappa shape index (κ3) is 3.06. The molecule has 0 saturated carbocycles. The number of aliphatic hydroxyl groups is 1. The van der Waals surface area contributed by atoms with E-state index in [1.165, 1.54) is 6.33 Å². The number of nitrogens with zero attached hydrogens (tertiary/aromatic N) is 3. The van der Waals surface area contributed by atoms with E-state index in [9.17, 15) is 9.90 Å². The van der Waals surface area contributed by atoms with E-state index >= 15 is 0 Å². The lowest BCUT2D eigenvalue weighted by atomic mass is 10.1. The van der Waals surface area contributed by atoms with Crippen LogP contribution in [0.3, 0.4) is 0 Å². The first-order valence-corrected chi connectivity index (χ1v) is 7.55. The second-order valence-corrected chi connectivity index (χ2v) is 5.93. The Kier molecular flexibility index (Phi) is 4.29. The highest BCUT2D eigenvalue weighted by atomic mass is 35.5. The number of hydrogen-bond donors (Lipinski definition) is 1. The highest BCUT2D eigenvalue weighted by molar-refractivity contribution is 6.42. The van der Waals surface area contributed by atoms with E-state index in [1.807, 2.05) is 0 Å².